The molecule has 82 valence electrons. The Bertz CT molecular complexity index is 148. The Kier molecular flexibility index (Phi) is 4.26. The van der Waals surface area contributed by atoms with Crippen molar-refractivity contribution in [2.24, 2.45) is 5.92 Å². The van der Waals surface area contributed by atoms with Crippen LogP contribution in [-0.2, 0) is 0 Å². The summed E-state index contributed by atoms with van der Waals surface area (Å²) in [4.78, 5) is 0. The van der Waals surface area contributed by atoms with Gasteiger partial charge < -0.3 is 10.6 Å². The second-order valence-electron chi connectivity index (χ2n) is 4.92. The molecular formula is C12H24N2. The molecule has 0 aromatic carbocycles. The summed E-state index contributed by atoms with van der Waals surface area (Å²) in [6, 6.07) is 0.811. The molecule has 0 amide bonds. The molecule has 2 nitrogen and oxygen atoms in total. The molecule has 0 aromatic rings. The summed E-state index contributed by atoms with van der Waals surface area (Å²) < 4.78 is 0. The molecule has 2 N–H and O–H groups in total. The van der Waals surface area contributed by atoms with E-state index >= 15 is 0 Å². The van der Waals surface area contributed by atoms with Crippen LogP contribution in [0.15, 0.2) is 0 Å². The Balaban J connectivity index is 1.39. The smallest absolute Gasteiger partial charge is 0.00796 e. The molecule has 1 aliphatic carbocycles. The summed E-state index contributed by atoms with van der Waals surface area (Å²) in [6.07, 6.45) is 9.98. The molecule has 2 aliphatic rings. The van der Waals surface area contributed by atoms with Crippen LogP contribution in [-0.4, -0.2) is 25.7 Å². The first-order valence-electron chi connectivity index (χ1n) is 6.39. The summed E-state index contributed by atoms with van der Waals surface area (Å²) in [6.45, 7) is 3.70. The molecule has 0 aromatic heterocycles. The zero-order valence-electron chi connectivity index (χ0n) is 9.23. The van der Waals surface area contributed by atoms with E-state index in [9.17, 15) is 0 Å². The molecule has 1 atom stereocenters. The van der Waals surface area contributed by atoms with Crippen LogP contribution in [0.5, 0.6) is 0 Å². The van der Waals surface area contributed by atoms with Crippen molar-refractivity contribution in [1.29, 1.82) is 0 Å². The maximum atomic E-state index is 3.57. The van der Waals surface area contributed by atoms with E-state index < -0.39 is 0 Å². The first kappa shape index (κ1) is 10.4. The van der Waals surface area contributed by atoms with Crippen LogP contribution in [0.1, 0.15) is 44.9 Å². The minimum atomic E-state index is 0.811. The maximum absolute atomic E-state index is 3.57. The highest BCUT2D eigenvalue weighted by atomic mass is 14.9. The van der Waals surface area contributed by atoms with Gasteiger partial charge in [0.25, 0.3) is 0 Å². The van der Waals surface area contributed by atoms with E-state index in [0.29, 0.717) is 0 Å². The van der Waals surface area contributed by atoms with Gasteiger partial charge >= 0.3 is 0 Å². The average molecular weight is 196 g/mol. The van der Waals surface area contributed by atoms with Gasteiger partial charge in [-0.15, -0.1) is 0 Å². The molecule has 1 heterocycles. The fraction of sp³-hybridized carbons (Fsp3) is 1.00. The van der Waals surface area contributed by atoms with Gasteiger partial charge in [-0.3, -0.25) is 0 Å². The molecule has 1 unspecified atom stereocenters. The molecule has 1 saturated carbocycles. The molecule has 2 rings (SSSR count). The van der Waals surface area contributed by atoms with Gasteiger partial charge in [-0.25, -0.2) is 0 Å². The van der Waals surface area contributed by atoms with Crippen molar-refractivity contribution < 1.29 is 0 Å². The topological polar surface area (TPSA) is 24.1 Å². The van der Waals surface area contributed by atoms with E-state index in [1.54, 1.807) is 0 Å². The van der Waals surface area contributed by atoms with Gasteiger partial charge in [0.1, 0.15) is 0 Å². The first-order valence-corrected chi connectivity index (χ1v) is 6.39. The summed E-state index contributed by atoms with van der Waals surface area (Å²) in [5, 5.41) is 7.11. The van der Waals surface area contributed by atoms with Gasteiger partial charge in [0.15, 0.2) is 0 Å². The van der Waals surface area contributed by atoms with Crippen LogP contribution in [0.3, 0.4) is 0 Å². The van der Waals surface area contributed by atoms with Crippen molar-refractivity contribution in [1.82, 2.24) is 10.6 Å². The van der Waals surface area contributed by atoms with Crippen molar-refractivity contribution >= 4 is 0 Å². The predicted molar refractivity (Wildman–Crippen MR) is 60.5 cm³/mol. The third kappa shape index (κ3) is 3.25. The lowest BCUT2D eigenvalue weighted by atomic mass is 9.83. The van der Waals surface area contributed by atoms with Crippen LogP contribution in [0.25, 0.3) is 0 Å². The number of rotatable bonds is 6. The molecule has 14 heavy (non-hydrogen) atoms. The molecule has 0 bridgehead atoms. The Morgan fingerprint density at radius 2 is 1.86 bits per heavy atom. The largest absolute Gasteiger partial charge is 0.317 e. The molecule has 1 aliphatic heterocycles. The van der Waals surface area contributed by atoms with Gasteiger partial charge in [-0.1, -0.05) is 19.3 Å². The van der Waals surface area contributed by atoms with Crippen molar-refractivity contribution in [3.8, 4) is 0 Å². The van der Waals surface area contributed by atoms with E-state index in [2.05, 4.69) is 10.6 Å². The number of hydrogen-bond donors (Lipinski definition) is 2. The Labute approximate surface area is 87.8 Å². The van der Waals surface area contributed by atoms with Crippen LogP contribution < -0.4 is 10.6 Å². The summed E-state index contributed by atoms with van der Waals surface area (Å²) in [5.74, 6) is 1.06. The molecule has 0 radical (unpaired) electrons. The summed E-state index contributed by atoms with van der Waals surface area (Å²) >= 11 is 0. The third-order valence-corrected chi connectivity index (χ3v) is 3.79. The highest BCUT2D eigenvalue weighted by molar-refractivity contribution is 4.75. The first-order chi connectivity index (χ1) is 6.95. The Morgan fingerprint density at radius 1 is 1.00 bits per heavy atom. The minimum Gasteiger partial charge on any atom is -0.317 e. The highest BCUT2D eigenvalue weighted by Gasteiger charge is 2.16. The SMILES string of the molecule is C1CC(CCNCCC2CCCN2)C1. The number of hydrogen-bond acceptors (Lipinski definition) is 2. The van der Waals surface area contributed by atoms with E-state index in [4.69, 9.17) is 0 Å². The molecule has 2 fully saturated rings. The fourth-order valence-corrected chi connectivity index (χ4v) is 2.49. The quantitative estimate of drug-likeness (QED) is 0.634. The predicted octanol–water partition coefficient (Wildman–Crippen LogP) is 1.91. The maximum Gasteiger partial charge on any atom is 0.00796 e. The Hall–Kier alpha value is -0.0800. The van der Waals surface area contributed by atoms with E-state index in [1.807, 2.05) is 0 Å². The van der Waals surface area contributed by atoms with E-state index in [0.717, 1.165) is 12.0 Å². The van der Waals surface area contributed by atoms with Gasteiger partial charge in [0.05, 0.1) is 0 Å². The average Bonchev–Trinajstić information content (AvgIpc) is 2.60. The van der Waals surface area contributed by atoms with Crippen molar-refractivity contribution in [2.45, 2.75) is 51.0 Å². The van der Waals surface area contributed by atoms with Crippen LogP contribution in [0.4, 0.5) is 0 Å². The van der Waals surface area contributed by atoms with Crippen molar-refractivity contribution in [2.75, 3.05) is 19.6 Å². The minimum absolute atomic E-state index is 0.811. The van der Waals surface area contributed by atoms with Gasteiger partial charge in [0.2, 0.25) is 0 Å². The van der Waals surface area contributed by atoms with Crippen molar-refractivity contribution in [3.63, 3.8) is 0 Å². The lowest BCUT2D eigenvalue weighted by Crippen LogP contribution is -2.28. The second-order valence-corrected chi connectivity index (χ2v) is 4.92. The molecule has 1 saturated heterocycles. The molecule has 2 heteroatoms. The van der Waals surface area contributed by atoms with Crippen LogP contribution in [0.2, 0.25) is 0 Å². The van der Waals surface area contributed by atoms with Gasteiger partial charge in [-0.05, 0) is 51.2 Å². The van der Waals surface area contributed by atoms with Gasteiger partial charge in [0, 0.05) is 6.04 Å². The standard InChI is InChI=1S/C12H24N2/c1-3-11(4-1)6-9-13-10-7-12-5-2-8-14-12/h11-14H,1-10H2. The van der Waals surface area contributed by atoms with E-state index in [1.165, 1.54) is 64.6 Å². The molecule has 0 spiro atoms. The monoisotopic (exact) mass is 196 g/mol. The second kappa shape index (κ2) is 5.72. The van der Waals surface area contributed by atoms with E-state index in [-0.39, 0.29) is 0 Å². The fourth-order valence-electron chi connectivity index (χ4n) is 2.49. The zero-order valence-corrected chi connectivity index (χ0v) is 9.23. The zero-order chi connectivity index (χ0) is 9.64. The Morgan fingerprint density at radius 3 is 2.50 bits per heavy atom. The third-order valence-electron chi connectivity index (χ3n) is 3.79. The lowest BCUT2D eigenvalue weighted by molar-refractivity contribution is 0.291. The normalized spacial score (nSPS) is 27.9. The molecular weight excluding hydrogens is 172 g/mol. The van der Waals surface area contributed by atoms with Crippen molar-refractivity contribution in [3.05, 3.63) is 0 Å². The van der Waals surface area contributed by atoms with Crippen LogP contribution in [0, 0.1) is 5.92 Å². The summed E-state index contributed by atoms with van der Waals surface area (Å²) in [5.41, 5.74) is 0. The van der Waals surface area contributed by atoms with Crippen LogP contribution >= 0.6 is 0 Å². The lowest BCUT2D eigenvalue weighted by Gasteiger charge is -2.25. The number of nitrogens with one attached hydrogen (secondary N) is 2. The summed E-state index contributed by atoms with van der Waals surface area (Å²) in [7, 11) is 0. The van der Waals surface area contributed by atoms with Gasteiger partial charge in [-0.2, -0.15) is 0 Å². The highest BCUT2D eigenvalue weighted by Crippen LogP contribution is 2.28.